The Morgan fingerprint density at radius 3 is 2.61 bits per heavy atom. The van der Waals surface area contributed by atoms with Crippen LogP contribution in [0.2, 0.25) is 0 Å². The highest BCUT2D eigenvalue weighted by Crippen LogP contribution is 2.05. The summed E-state index contributed by atoms with van der Waals surface area (Å²) < 4.78 is 4.99. The van der Waals surface area contributed by atoms with E-state index in [0.29, 0.717) is 32.0 Å². The second-order valence-electron chi connectivity index (χ2n) is 4.05. The number of nitrogens with zero attached hydrogens (tertiary/aromatic N) is 1. The highest BCUT2D eigenvalue weighted by Gasteiger charge is 2.12. The van der Waals surface area contributed by atoms with Gasteiger partial charge in [-0.25, -0.2) is 0 Å². The zero-order valence-electron chi connectivity index (χ0n) is 10.8. The molecule has 0 bridgehead atoms. The SMILES string of the molecule is COCCN(CCCl)C(=O)CCc1ccccc1. The average molecular weight is 270 g/mol. The van der Waals surface area contributed by atoms with E-state index < -0.39 is 0 Å². The molecule has 0 atom stereocenters. The maximum Gasteiger partial charge on any atom is 0.223 e. The second kappa shape index (κ2) is 8.95. The molecular weight excluding hydrogens is 250 g/mol. The van der Waals surface area contributed by atoms with Gasteiger partial charge in [0.1, 0.15) is 0 Å². The van der Waals surface area contributed by atoms with Crippen LogP contribution in [-0.4, -0.2) is 43.5 Å². The van der Waals surface area contributed by atoms with Gasteiger partial charge >= 0.3 is 0 Å². The number of benzene rings is 1. The highest BCUT2D eigenvalue weighted by molar-refractivity contribution is 6.18. The van der Waals surface area contributed by atoms with Crippen LogP contribution in [0.25, 0.3) is 0 Å². The summed E-state index contributed by atoms with van der Waals surface area (Å²) in [4.78, 5) is 13.8. The predicted octanol–water partition coefficient (Wildman–Crippen LogP) is 2.33. The molecule has 0 unspecified atom stereocenters. The smallest absolute Gasteiger partial charge is 0.223 e. The Labute approximate surface area is 114 Å². The van der Waals surface area contributed by atoms with E-state index in [4.69, 9.17) is 16.3 Å². The monoisotopic (exact) mass is 269 g/mol. The zero-order chi connectivity index (χ0) is 13.2. The molecule has 1 amide bonds. The molecule has 3 nitrogen and oxygen atoms in total. The summed E-state index contributed by atoms with van der Waals surface area (Å²) in [5.41, 5.74) is 1.18. The molecule has 0 spiro atoms. The van der Waals surface area contributed by atoms with Gasteiger partial charge in [-0.15, -0.1) is 11.6 Å². The first-order valence-electron chi connectivity index (χ1n) is 6.14. The molecule has 0 aliphatic carbocycles. The third kappa shape index (κ3) is 5.52. The highest BCUT2D eigenvalue weighted by atomic mass is 35.5. The summed E-state index contributed by atoms with van der Waals surface area (Å²) >= 11 is 5.70. The summed E-state index contributed by atoms with van der Waals surface area (Å²) in [7, 11) is 1.63. The van der Waals surface area contributed by atoms with Gasteiger partial charge in [0.05, 0.1) is 6.61 Å². The molecule has 100 valence electrons. The number of carbonyl (C=O) groups excluding carboxylic acids is 1. The lowest BCUT2D eigenvalue weighted by molar-refractivity contribution is -0.131. The lowest BCUT2D eigenvalue weighted by Gasteiger charge is -2.21. The molecule has 0 N–H and O–H groups in total. The van der Waals surface area contributed by atoms with Crippen molar-refractivity contribution in [1.82, 2.24) is 4.90 Å². The van der Waals surface area contributed by atoms with Gasteiger partial charge in [0.15, 0.2) is 0 Å². The largest absolute Gasteiger partial charge is 0.383 e. The summed E-state index contributed by atoms with van der Waals surface area (Å²) in [6.45, 7) is 1.74. The number of halogens is 1. The van der Waals surface area contributed by atoms with Crippen molar-refractivity contribution in [1.29, 1.82) is 0 Å². The molecule has 1 aromatic rings. The Balaban J connectivity index is 2.40. The van der Waals surface area contributed by atoms with Gasteiger partial charge in [-0.1, -0.05) is 30.3 Å². The number of hydrogen-bond acceptors (Lipinski definition) is 2. The van der Waals surface area contributed by atoms with Crippen molar-refractivity contribution >= 4 is 17.5 Å². The van der Waals surface area contributed by atoms with Gasteiger partial charge in [0, 0.05) is 32.5 Å². The van der Waals surface area contributed by atoms with Crippen LogP contribution in [0.5, 0.6) is 0 Å². The number of hydrogen-bond donors (Lipinski definition) is 0. The van der Waals surface area contributed by atoms with Gasteiger partial charge in [-0.05, 0) is 12.0 Å². The minimum absolute atomic E-state index is 0.136. The fourth-order valence-corrected chi connectivity index (χ4v) is 1.92. The third-order valence-corrected chi connectivity index (χ3v) is 2.91. The summed E-state index contributed by atoms with van der Waals surface area (Å²) in [6, 6.07) is 10.0. The molecule has 1 rings (SSSR count). The van der Waals surface area contributed by atoms with E-state index in [1.54, 1.807) is 12.0 Å². The number of aryl methyl sites for hydroxylation is 1. The molecule has 1 aromatic carbocycles. The Kier molecular flexibility index (Phi) is 7.46. The standard InChI is InChI=1S/C14H20ClNO2/c1-18-12-11-16(10-9-15)14(17)8-7-13-5-3-2-4-6-13/h2-6H,7-12H2,1H3. The van der Waals surface area contributed by atoms with Crippen LogP contribution in [0.15, 0.2) is 30.3 Å². The second-order valence-corrected chi connectivity index (χ2v) is 4.43. The number of rotatable bonds is 8. The maximum atomic E-state index is 12.0. The van der Waals surface area contributed by atoms with Crippen LogP contribution >= 0.6 is 11.6 Å². The number of methoxy groups -OCH3 is 1. The van der Waals surface area contributed by atoms with Crippen LogP contribution in [0.4, 0.5) is 0 Å². The number of amides is 1. The van der Waals surface area contributed by atoms with Crippen LogP contribution < -0.4 is 0 Å². The summed E-state index contributed by atoms with van der Waals surface area (Å²) in [6.07, 6.45) is 1.29. The third-order valence-electron chi connectivity index (χ3n) is 2.74. The van der Waals surface area contributed by atoms with Crippen molar-refractivity contribution in [2.45, 2.75) is 12.8 Å². The molecule has 18 heavy (non-hydrogen) atoms. The summed E-state index contributed by atoms with van der Waals surface area (Å²) in [5, 5.41) is 0. The van der Waals surface area contributed by atoms with Crippen LogP contribution in [0.3, 0.4) is 0 Å². The van der Waals surface area contributed by atoms with E-state index in [1.165, 1.54) is 5.56 Å². The average Bonchev–Trinajstić information content (AvgIpc) is 2.42. The van der Waals surface area contributed by atoms with E-state index in [9.17, 15) is 4.79 Å². The van der Waals surface area contributed by atoms with E-state index in [0.717, 1.165) is 6.42 Å². The minimum atomic E-state index is 0.136. The molecule has 0 saturated carbocycles. The first kappa shape index (κ1) is 15.0. The Morgan fingerprint density at radius 2 is 2.00 bits per heavy atom. The fraction of sp³-hybridized carbons (Fsp3) is 0.500. The number of carbonyl (C=O) groups is 1. The Bertz CT molecular complexity index is 343. The van der Waals surface area contributed by atoms with Crippen LogP contribution in [0, 0.1) is 0 Å². The fourth-order valence-electron chi connectivity index (χ4n) is 1.72. The topological polar surface area (TPSA) is 29.5 Å². The molecule has 0 aromatic heterocycles. The number of ether oxygens (including phenoxy) is 1. The van der Waals surface area contributed by atoms with Crippen LogP contribution in [0.1, 0.15) is 12.0 Å². The normalized spacial score (nSPS) is 10.3. The minimum Gasteiger partial charge on any atom is -0.383 e. The Morgan fingerprint density at radius 1 is 1.28 bits per heavy atom. The van der Waals surface area contributed by atoms with Crippen molar-refractivity contribution in [3.05, 3.63) is 35.9 Å². The Hall–Kier alpha value is -1.06. The van der Waals surface area contributed by atoms with Gasteiger partial charge in [-0.2, -0.15) is 0 Å². The van der Waals surface area contributed by atoms with E-state index in [-0.39, 0.29) is 5.91 Å². The zero-order valence-corrected chi connectivity index (χ0v) is 11.5. The van der Waals surface area contributed by atoms with Gasteiger partial charge in [-0.3, -0.25) is 4.79 Å². The first-order chi connectivity index (χ1) is 8.77. The maximum absolute atomic E-state index is 12.0. The van der Waals surface area contributed by atoms with Crippen molar-refractivity contribution in [2.75, 3.05) is 32.7 Å². The molecule has 0 heterocycles. The van der Waals surface area contributed by atoms with Crippen molar-refractivity contribution in [2.24, 2.45) is 0 Å². The quantitative estimate of drug-likeness (QED) is 0.678. The molecule has 0 aliphatic heterocycles. The molecule has 0 fully saturated rings. The van der Waals surface area contributed by atoms with E-state index >= 15 is 0 Å². The molecule has 0 saturated heterocycles. The van der Waals surface area contributed by atoms with Crippen molar-refractivity contribution in [3.63, 3.8) is 0 Å². The molecule has 0 radical (unpaired) electrons. The van der Waals surface area contributed by atoms with Gasteiger partial charge in [0.2, 0.25) is 5.91 Å². The molecule has 0 aliphatic rings. The first-order valence-corrected chi connectivity index (χ1v) is 6.68. The predicted molar refractivity (Wildman–Crippen MR) is 73.9 cm³/mol. The van der Waals surface area contributed by atoms with Crippen molar-refractivity contribution in [3.8, 4) is 0 Å². The van der Waals surface area contributed by atoms with Crippen molar-refractivity contribution < 1.29 is 9.53 Å². The van der Waals surface area contributed by atoms with Gasteiger partial charge in [0.25, 0.3) is 0 Å². The molecule has 4 heteroatoms. The summed E-state index contributed by atoms with van der Waals surface area (Å²) in [5.74, 6) is 0.595. The number of alkyl halides is 1. The molecular formula is C14H20ClNO2. The van der Waals surface area contributed by atoms with E-state index in [1.807, 2.05) is 30.3 Å². The van der Waals surface area contributed by atoms with E-state index in [2.05, 4.69) is 0 Å². The lowest BCUT2D eigenvalue weighted by Crippen LogP contribution is -2.35. The lowest BCUT2D eigenvalue weighted by atomic mass is 10.1. The van der Waals surface area contributed by atoms with Crippen LogP contribution in [-0.2, 0) is 16.0 Å². The van der Waals surface area contributed by atoms with Gasteiger partial charge < -0.3 is 9.64 Å².